The van der Waals surface area contributed by atoms with Gasteiger partial charge < -0.3 is 0 Å². The second kappa shape index (κ2) is 4.73. The van der Waals surface area contributed by atoms with Crippen LogP contribution in [0.3, 0.4) is 0 Å². The summed E-state index contributed by atoms with van der Waals surface area (Å²) in [6, 6.07) is 1.96. The molecule has 0 N–H and O–H groups in total. The summed E-state index contributed by atoms with van der Waals surface area (Å²) in [5.74, 6) is 0. The predicted molar refractivity (Wildman–Crippen MR) is 51.4 cm³/mol. The van der Waals surface area contributed by atoms with Crippen molar-refractivity contribution >= 4 is 27.5 Å². The van der Waals surface area contributed by atoms with Gasteiger partial charge in [-0.15, -0.1) is 0 Å². The Labute approximate surface area is 79.9 Å². The zero-order valence-electron chi connectivity index (χ0n) is 6.06. The van der Waals surface area contributed by atoms with Gasteiger partial charge in [-0.05, 0) is 24.5 Å². The molecule has 0 fully saturated rings. The summed E-state index contributed by atoms with van der Waals surface area (Å²) in [7, 11) is 0. The van der Waals surface area contributed by atoms with Crippen molar-refractivity contribution in [3.63, 3.8) is 0 Å². The highest BCUT2D eigenvalue weighted by atomic mass is 79.9. The van der Waals surface area contributed by atoms with Crippen molar-refractivity contribution in [1.29, 1.82) is 0 Å². The van der Waals surface area contributed by atoms with Gasteiger partial charge in [0, 0.05) is 17.7 Å². The molecule has 0 saturated heterocycles. The van der Waals surface area contributed by atoms with E-state index in [0.717, 1.165) is 23.2 Å². The molecule has 0 aliphatic heterocycles. The molecule has 0 aliphatic carbocycles. The fourth-order valence-electron chi connectivity index (χ4n) is 0.864. The number of hydrogen-bond acceptors (Lipinski definition) is 1. The third-order valence-electron chi connectivity index (χ3n) is 1.44. The lowest BCUT2D eigenvalue weighted by Crippen LogP contribution is -1.87. The van der Waals surface area contributed by atoms with Crippen LogP contribution < -0.4 is 0 Å². The highest BCUT2D eigenvalue weighted by molar-refractivity contribution is 9.09. The van der Waals surface area contributed by atoms with Crippen LogP contribution in [0, 0.1) is 0 Å². The Kier molecular flexibility index (Phi) is 3.87. The standard InChI is InChI=1S/C8H9BrClN/c9-4-1-2-7-3-5-11-6-8(7)10/h3,5-6H,1-2,4H2. The van der Waals surface area contributed by atoms with Crippen molar-refractivity contribution in [2.45, 2.75) is 12.8 Å². The van der Waals surface area contributed by atoms with E-state index in [2.05, 4.69) is 20.9 Å². The lowest BCUT2D eigenvalue weighted by atomic mass is 10.2. The van der Waals surface area contributed by atoms with Gasteiger partial charge in [-0.25, -0.2) is 0 Å². The van der Waals surface area contributed by atoms with Gasteiger partial charge >= 0.3 is 0 Å². The molecule has 11 heavy (non-hydrogen) atoms. The van der Waals surface area contributed by atoms with Gasteiger partial charge in [-0.2, -0.15) is 0 Å². The van der Waals surface area contributed by atoms with Crippen LogP contribution in [-0.2, 0) is 6.42 Å². The van der Waals surface area contributed by atoms with Crippen molar-refractivity contribution in [2.24, 2.45) is 0 Å². The Hall–Kier alpha value is -0.0800. The normalized spacial score (nSPS) is 10.0. The van der Waals surface area contributed by atoms with Gasteiger partial charge in [0.2, 0.25) is 0 Å². The Balaban J connectivity index is 2.62. The summed E-state index contributed by atoms with van der Waals surface area (Å²) in [5, 5.41) is 1.79. The van der Waals surface area contributed by atoms with E-state index in [1.807, 2.05) is 6.07 Å². The molecule has 60 valence electrons. The van der Waals surface area contributed by atoms with Gasteiger partial charge in [0.1, 0.15) is 0 Å². The number of nitrogens with zero attached hydrogens (tertiary/aromatic N) is 1. The van der Waals surface area contributed by atoms with Crippen molar-refractivity contribution in [3.05, 3.63) is 29.0 Å². The molecule has 1 heterocycles. The minimum Gasteiger partial charge on any atom is -0.263 e. The number of rotatable bonds is 3. The predicted octanol–water partition coefficient (Wildman–Crippen LogP) is 3.06. The molecular formula is C8H9BrClN. The van der Waals surface area contributed by atoms with Crippen molar-refractivity contribution in [3.8, 4) is 0 Å². The van der Waals surface area contributed by atoms with Gasteiger partial charge in [-0.1, -0.05) is 27.5 Å². The zero-order chi connectivity index (χ0) is 8.10. The number of alkyl halides is 1. The van der Waals surface area contributed by atoms with Gasteiger partial charge in [0.15, 0.2) is 0 Å². The summed E-state index contributed by atoms with van der Waals surface area (Å²) in [6.07, 6.45) is 5.59. The molecule has 1 aromatic rings. The van der Waals surface area contributed by atoms with E-state index in [1.165, 1.54) is 5.56 Å². The molecule has 1 nitrogen and oxygen atoms in total. The third-order valence-corrected chi connectivity index (χ3v) is 2.34. The first-order valence-corrected chi connectivity index (χ1v) is 4.99. The molecule has 0 aromatic carbocycles. The summed E-state index contributed by atoms with van der Waals surface area (Å²) in [5.41, 5.74) is 1.18. The zero-order valence-corrected chi connectivity index (χ0v) is 8.40. The number of aryl methyl sites for hydroxylation is 1. The first kappa shape index (κ1) is 9.01. The number of pyridine rings is 1. The molecule has 3 heteroatoms. The SMILES string of the molecule is Clc1cnccc1CCCBr. The van der Waals surface area contributed by atoms with E-state index < -0.39 is 0 Å². The van der Waals surface area contributed by atoms with Gasteiger partial charge in [-0.3, -0.25) is 4.98 Å². The topological polar surface area (TPSA) is 12.9 Å². The molecule has 0 amide bonds. The monoisotopic (exact) mass is 233 g/mol. The van der Waals surface area contributed by atoms with E-state index in [-0.39, 0.29) is 0 Å². The largest absolute Gasteiger partial charge is 0.263 e. The van der Waals surface area contributed by atoms with Crippen LogP contribution in [0.15, 0.2) is 18.5 Å². The van der Waals surface area contributed by atoms with Crippen LogP contribution in [0.4, 0.5) is 0 Å². The molecule has 1 aromatic heterocycles. The molecule has 1 rings (SSSR count). The van der Waals surface area contributed by atoms with E-state index >= 15 is 0 Å². The van der Waals surface area contributed by atoms with Crippen LogP contribution in [0.25, 0.3) is 0 Å². The number of aromatic nitrogens is 1. The summed E-state index contributed by atoms with van der Waals surface area (Å²) >= 11 is 9.25. The van der Waals surface area contributed by atoms with E-state index in [4.69, 9.17) is 11.6 Å². The third kappa shape index (κ3) is 2.80. The highest BCUT2D eigenvalue weighted by Crippen LogP contribution is 2.15. The maximum absolute atomic E-state index is 5.88. The molecular weight excluding hydrogens is 225 g/mol. The smallest absolute Gasteiger partial charge is 0.0621 e. The fourth-order valence-corrected chi connectivity index (χ4v) is 1.36. The fraction of sp³-hybridized carbons (Fsp3) is 0.375. The Bertz CT molecular complexity index is 227. The van der Waals surface area contributed by atoms with E-state index in [0.29, 0.717) is 0 Å². The summed E-state index contributed by atoms with van der Waals surface area (Å²) in [6.45, 7) is 0. The lowest BCUT2D eigenvalue weighted by molar-refractivity contribution is 0.935. The summed E-state index contributed by atoms with van der Waals surface area (Å²) < 4.78 is 0. The van der Waals surface area contributed by atoms with Crippen LogP contribution in [0.5, 0.6) is 0 Å². The molecule has 0 bridgehead atoms. The molecule has 0 unspecified atom stereocenters. The highest BCUT2D eigenvalue weighted by Gasteiger charge is 1.97. The van der Waals surface area contributed by atoms with Crippen molar-refractivity contribution < 1.29 is 0 Å². The maximum Gasteiger partial charge on any atom is 0.0621 e. The Morgan fingerprint density at radius 1 is 1.55 bits per heavy atom. The Morgan fingerprint density at radius 3 is 3.00 bits per heavy atom. The maximum atomic E-state index is 5.88. The molecule has 0 radical (unpaired) electrons. The van der Waals surface area contributed by atoms with Crippen LogP contribution in [0.1, 0.15) is 12.0 Å². The minimum absolute atomic E-state index is 0.772. The molecule has 0 saturated carbocycles. The quantitative estimate of drug-likeness (QED) is 0.733. The molecule has 0 atom stereocenters. The first-order chi connectivity index (χ1) is 5.34. The lowest BCUT2D eigenvalue weighted by Gasteiger charge is -1.99. The summed E-state index contributed by atoms with van der Waals surface area (Å²) in [4.78, 5) is 3.91. The molecule has 0 spiro atoms. The molecule has 0 aliphatic rings. The van der Waals surface area contributed by atoms with Crippen molar-refractivity contribution in [2.75, 3.05) is 5.33 Å². The van der Waals surface area contributed by atoms with E-state index in [9.17, 15) is 0 Å². The van der Waals surface area contributed by atoms with Gasteiger partial charge in [0.25, 0.3) is 0 Å². The Morgan fingerprint density at radius 2 is 2.36 bits per heavy atom. The minimum atomic E-state index is 0.772. The van der Waals surface area contributed by atoms with Crippen LogP contribution in [-0.4, -0.2) is 10.3 Å². The first-order valence-electron chi connectivity index (χ1n) is 3.49. The average Bonchev–Trinajstić information content (AvgIpc) is 2.03. The van der Waals surface area contributed by atoms with Gasteiger partial charge in [0.05, 0.1) is 5.02 Å². The number of halogens is 2. The second-order valence-corrected chi connectivity index (χ2v) is 3.46. The number of hydrogen-bond donors (Lipinski definition) is 0. The van der Waals surface area contributed by atoms with E-state index in [1.54, 1.807) is 12.4 Å². The average molecular weight is 235 g/mol. The van der Waals surface area contributed by atoms with Crippen molar-refractivity contribution in [1.82, 2.24) is 4.98 Å². The van der Waals surface area contributed by atoms with Crippen LogP contribution in [0.2, 0.25) is 5.02 Å². The second-order valence-electron chi connectivity index (χ2n) is 2.26. The van der Waals surface area contributed by atoms with Crippen LogP contribution >= 0.6 is 27.5 Å².